The summed E-state index contributed by atoms with van der Waals surface area (Å²) in [7, 11) is 0. The average molecular weight is 592 g/mol. The van der Waals surface area contributed by atoms with Gasteiger partial charge in [-0.2, -0.15) is 0 Å². The van der Waals surface area contributed by atoms with Crippen LogP contribution in [0.25, 0.3) is 0 Å². The van der Waals surface area contributed by atoms with E-state index < -0.39 is 41.6 Å². The highest BCUT2D eigenvalue weighted by Crippen LogP contribution is 2.33. The molecule has 2 unspecified atom stereocenters. The van der Waals surface area contributed by atoms with E-state index in [9.17, 15) is 24.3 Å². The summed E-state index contributed by atoms with van der Waals surface area (Å²) in [4.78, 5) is 54.2. The number of esters is 1. The van der Waals surface area contributed by atoms with Crippen LogP contribution in [-0.4, -0.2) is 65.2 Å². The van der Waals surface area contributed by atoms with E-state index in [2.05, 4.69) is 17.6 Å². The van der Waals surface area contributed by atoms with Gasteiger partial charge in [0.2, 0.25) is 11.8 Å². The molecule has 42 heavy (non-hydrogen) atoms. The number of ether oxygens (including phenoxy) is 2. The lowest BCUT2D eigenvalue weighted by Crippen LogP contribution is -2.53. The van der Waals surface area contributed by atoms with Gasteiger partial charge in [-0.25, -0.2) is 4.79 Å². The lowest BCUT2D eigenvalue weighted by Gasteiger charge is -2.35. The Bertz CT molecular complexity index is 1020. The monoisotopic (exact) mass is 591 g/mol. The molecule has 0 saturated heterocycles. The number of carbonyl (C=O) groups is 4. The standard InChI is InChI=1S/C32H53N3O7/c1-9-11-12-13-14-20-35(30(39)25(21-22(3)4)34-31(40)42-32(6,7)8)27(24-17-15-16-23(5)28(24)37)29(38)33-19-18-26(36)41-10-2/h15-17,22,25,27,37H,9-14,18-21H2,1-8H3,(H,33,38)(H,34,40). The Balaban J connectivity index is 3.52. The van der Waals surface area contributed by atoms with E-state index in [-0.39, 0.29) is 43.3 Å². The van der Waals surface area contributed by atoms with Crippen LogP contribution in [0.4, 0.5) is 4.79 Å². The molecule has 238 valence electrons. The number of alkyl carbamates (subject to hydrolysis) is 1. The molecule has 0 aliphatic carbocycles. The van der Waals surface area contributed by atoms with Crippen LogP contribution < -0.4 is 10.6 Å². The summed E-state index contributed by atoms with van der Waals surface area (Å²) in [6.45, 7) is 15.1. The third-order valence-corrected chi connectivity index (χ3v) is 6.54. The van der Waals surface area contributed by atoms with E-state index in [4.69, 9.17) is 9.47 Å². The van der Waals surface area contributed by atoms with Crippen LogP contribution >= 0.6 is 0 Å². The second-order valence-corrected chi connectivity index (χ2v) is 12.0. The maximum Gasteiger partial charge on any atom is 0.408 e. The van der Waals surface area contributed by atoms with Gasteiger partial charge in [-0.05, 0) is 58.9 Å². The number of hydrogen-bond acceptors (Lipinski definition) is 7. The van der Waals surface area contributed by atoms with Crippen LogP contribution in [0.1, 0.15) is 111 Å². The van der Waals surface area contributed by atoms with Crippen LogP contribution in [-0.2, 0) is 23.9 Å². The molecule has 10 nitrogen and oxygen atoms in total. The van der Waals surface area contributed by atoms with Gasteiger partial charge in [-0.3, -0.25) is 14.4 Å². The van der Waals surface area contributed by atoms with Gasteiger partial charge < -0.3 is 30.1 Å². The van der Waals surface area contributed by atoms with E-state index in [0.29, 0.717) is 18.4 Å². The van der Waals surface area contributed by atoms with E-state index in [1.165, 1.54) is 4.90 Å². The smallest absolute Gasteiger partial charge is 0.408 e. The average Bonchev–Trinajstić information content (AvgIpc) is 2.88. The number of rotatable bonds is 17. The number of aryl methyl sites for hydroxylation is 1. The van der Waals surface area contributed by atoms with Crippen molar-refractivity contribution in [3.05, 3.63) is 29.3 Å². The molecule has 0 aliphatic rings. The van der Waals surface area contributed by atoms with Gasteiger partial charge in [0, 0.05) is 18.7 Å². The molecule has 0 radical (unpaired) electrons. The first-order chi connectivity index (χ1) is 19.7. The fourth-order valence-electron chi connectivity index (χ4n) is 4.57. The molecule has 0 heterocycles. The quantitative estimate of drug-likeness (QED) is 0.160. The fraction of sp³-hybridized carbons (Fsp3) is 0.688. The number of amides is 3. The molecule has 2 atom stereocenters. The number of phenols is 1. The minimum Gasteiger partial charge on any atom is -0.507 e. The number of unbranched alkanes of at least 4 members (excludes halogenated alkanes) is 4. The molecule has 3 amide bonds. The van der Waals surface area contributed by atoms with Crippen molar-refractivity contribution in [3.8, 4) is 5.75 Å². The number of hydrogen-bond donors (Lipinski definition) is 3. The van der Waals surface area contributed by atoms with Crippen LogP contribution in [0, 0.1) is 12.8 Å². The number of para-hydroxylation sites is 1. The third kappa shape index (κ3) is 13.1. The summed E-state index contributed by atoms with van der Waals surface area (Å²) in [5.41, 5.74) is 0.0623. The summed E-state index contributed by atoms with van der Waals surface area (Å²) in [6.07, 6.45) is 4.14. The van der Waals surface area contributed by atoms with Gasteiger partial charge in [-0.1, -0.05) is 64.7 Å². The van der Waals surface area contributed by atoms with Crippen LogP contribution in [0.15, 0.2) is 18.2 Å². The van der Waals surface area contributed by atoms with E-state index in [1.807, 2.05) is 13.8 Å². The van der Waals surface area contributed by atoms with Gasteiger partial charge in [-0.15, -0.1) is 0 Å². The summed E-state index contributed by atoms with van der Waals surface area (Å²) >= 11 is 0. The van der Waals surface area contributed by atoms with Crippen molar-refractivity contribution < 1.29 is 33.8 Å². The largest absolute Gasteiger partial charge is 0.507 e. The molecule has 1 rings (SSSR count). The molecule has 0 spiro atoms. The van der Waals surface area contributed by atoms with E-state index in [0.717, 1.165) is 25.7 Å². The number of nitrogens with one attached hydrogen (secondary N) is 2. The van der Waals surface area contributed by atoms with Crippen molar-refractivity contribution in [2.75, 3.05) is 19.7 Å². The molecule has 0 bridgehead atoms. The zero-order valence-corrected chi connectivity index (χ0v) is 26.9. The Morgan fingerprint density at radius 1 is 1.02 bits per heavy atom. The van der Waals surface area contributed by atoms with Crippen molar-refractivity contribution in [2.45, 2.75) is 118 Å². The number of benzene rings is 1. The van der Waals surface area contributed by atoms with Crippen LogP contribution in [0.3, 0.4) is 0 Å². The van der Waals surface area contributed by atoms with Gasteiger partial charge in [0.25, 0.3) is 0 Å². The number of carbonyl (C=O) groups excluding carboxylic acids is 4. The predicted octanol–water partition coefficient (Wildman–Crippen LogP) is 5.55. The van der Waals surface area contributed by atoms with Gasteiger partial charge in [0.05, 0.1) is 13.0 Å². The first-order valence-electron chi connectivity index (χ1n) is 15.2. The minimum atomic E-state index is -1.19. The second-order valence-electron chi connectivity index (χ2n) is 12.0. The van der Waals surface area contributed by atoms with Gasteiger partial charge in [0.15, 0.2) is 0 Å². The molecule has 10 heteroatoms. The Labute approximate surface area is 251 Å². The lowest BCUT2D eigenvalue weighted by atomic mass is 9.97. The first kappa shape index (κ1) is 36.7. The highest BCUT2D eigenvalue weighted by molar-refractivity contribution is 5.92. The lowest BCUT2D eigenvalue weighted by molar-refractivity contribution is -0.144. The molecule has 0 saturated carbocycles. The molecular weight excluding hydrogens is 538 g/mol. The predicted molar refractivity (Wildman–Crippen MR) is 163 cm³/mol. The number of aromatic hydroxyl groups is 1. The molecular formula is C32H53N3O7. The van der Waals surface area contributed by atoms with Crippen molar-refractivity contribution in [1.82, 2.24) is 15.5 Å². The second kappa shape index (κ2) is 18.3. The van der Waals surface area contributed by atoms with Crippen molar-refractivity contribution in [3.63, 3.8) is 0 Å². The Hall–Kier alpha value is -3.30. The summed E-state index contributed by atoms with van der Waals surface area (Å²) in [5, 5.41) is 16.5. The maximum atomic E-state index is 14.3. The molecule has 1 aromatic carbocycles. The summed E-state index contributed by atoms with van der Waals surface area (Å²) in [5.74, 6) is -1.48. The molecule has 3 N–H and O–H groups in total. The van der Waals surface area contributed by atoms with E-state index in [1.54, 1.807) is 52.8 Å². The summed E-state index contributed by atoms with van der Waals surface area (Å²) in [6, 6.07) is 2.90. The number of phenolic OH excluding ortho intramolecular Hbond substituents is 1. The molecule has 0 aromatic heterocycles. The van der Waals surface area contributed by atoms with Crippen LogP contribution in [0.2, 0.25) is 0 Å². The number of nitrogens with zero attached hydrogens (tertiary/aromatic N) is 1. The highest BCUT2D eigenvalue weighted by atomic mass is 16.6. The summed E-state index contributed by atoms with van der Waals surface area (Å²) < 4.78 is 10.4. The Morgan fingerprint density at radius 3 is 2.29 bits per heavy atom. The maximum absolute atomic E-state index is 14.3. The Morgan fingerprint density at radius 2 is 1.69 bits per heavy atom. The zero-order valence-electron chi connectivity index (χ0n) is 26.9. The minimum absolute atomic E-state index is 0.00482. The third-order valence-electron chi connectivity index (χ3n) is 6.54. The van der Waals surface area contributed by atoms with Crippen molar-refractivity contribution >= 4 is 23.9 Å². The SMILES string of the molecule is CCCCCCCN(C(=O)C(CC(C)C)NC(=O)OC(C)(C)C)C(C(=O)NCCC(=O)OCC)c1cccc(C)c1O. The van der Waals surface area contributed by atoms with Gasteiger partial charge in [0.1, 0.15) is 23.4 Å². The van der Waals surface area contributed by atoms with Crippen LogP contribution in [0.5, 0.6) is 5.75 Å². The van der Waals surface area contributed by atoms with E-state index >= 15 is 0 Å². The molecule has 0 aliphatic heterocycles. The normalized spacial score (nSPS) is 12.8. The molecule has 0 fully saturated rings. The first-order valence-corrected chi connectivity index (χ1v) is 15.2. The van der Waals surface area contributed by atoms with Crippen molar-refractivity contribution in [2.24, 2.45) is 5.92 Å². The fourth-order valence-corrected chi connectivity index (χ4v) is 4.57. The molecule has 1 aromatic rings. The van der Waals surface area contributed by atoms with Crippen molar-refractivity contribution in [1.29, 1.82) is 0 Å². The Kier molecular flexibility index (Phi) is 16.0. The zero-order chi connectivity index (χ0) is 31.9. The topological polar surface area (TPSA) is 134 Å². The van der Waals surface area contributed by atoms with Gasteiger partial charge >= 0.3 is 12.1 Å². The highest BCUT2D eigenvalue weighted by Gasteiger charge is 2.37.